The van der Waals surface area contributed by atoms with E-state index < -0.39 is 0 Å². The number of benzene rings is 16. The fraction of sp³-hybridized carbons (Fsp3) is 0. The number of nitrogens with zero attached hydrogens (tertiary/aromatic N) is 8. The molecule has 8 heterocycles. The van der Waals surface area contributed by atoms with Gasteiger partial charge in [-0.2, -0.15) is 0 Å². The van der Waals surface area contributed by atoms with E-state index in [0.717, 1.165) is 128 Å². The molecule has 0 bridgehead atoms. The van der Waals surface area contributed by atoms with Crippen LogP contribution >= 0.6 is 0 Å². The summed E-state index contributed by atoms with van der Waals surface area (Å²) in [7, 11) is 0. The van der Waals surface area contributed by atoms with Crippen molar-refractivity contribution in [3.63, 3.8) is 0 Å². The molecule has 16 aromatic carbocycles. The van der Waals surface area contributed by atoms with Crippen molar-refractivity contribution in [2.45, 2.75) is 0 Å². The lowest BCUT2D eigenvalue weighted by atomic mass is 9.94. The van der Waals surface area contributed by atoms with Gasteiger partial charge in [-0.05, 0) is 221 Å². The minimum absolute atomic E-state index is 0.857. The molecule has 0 N–H and O–H groups in total. The standard InChI is InChI=1S/C58H36N4.C50H32N4/c1-3-14-37(15-4-1)41-34-52(38-16-5-2-6-17-38)60-57(35-41)62-55-30-26-40(33-51(55)58-56(62)24-13-31-59-58)39-25-29-54-50(32-39)48-22-11-12-23-53(48)61(54)42-27-28-47-45-20-8-7-18-43(45)44-19-9-10-21-46(44)49(47)36-42;1-3-12-33(13-4-1)39-31-44(35-15-5-2-6-16-35)52-49(32-39)54-47-26-23-38(30-43(47)50-48(54)20-11-27-51-50)37-22-25-46-42(29-37)41-18-9-10-19-45(41)53(46)40-24-21-34-14-7-8-17-36(34)28-40/h1-36H;1-32H. The highest BCUT2D eigenvalue weighted by atomic mass is 15.1. The number of rotatable bonds is 10. The molecule has 0 unspecified atom stereocenters. The summed E-state index contributed by atoms with van der Waals surface area (Å²) in [6.07, 6.45) is 3.77. The second-order valence-electron chi connectivity index (χ2n) is 30.1. The summed E-state index contributed by atoms with van der Waals surface area (Å²) in [5.74, 6) is 1.72. The molecular formula is C108H68N8. The van der Waals surface area contributed by atoms with Gasteiger partial charge in [-0.1, -0.05) is 267 Å². The third-order valence-electron chi connectivity index (χ3n) is 23.5. The molecule has 0 radical (unpaired) electrons. The van der Waals surface area contributed by atoms with Gasteiger partial charge in [0.2, 0.25) is 0 Å². The Labute approximate surface area is 667 Å². The summed E-state index contributed by atoms with van der Waals surface area (Å²) in [5.41, 5.74) is 26.3. The zero-order valence-electron chi connectivity index (χ0n) is 62.8. The SMILES string of the molecule is c1ccc(-c2cc(-c3ccccc3)nc(-n3c4ccc(-c5ccc6c(c5)c5ccccc5n6-c5ccc6c7ccccc7c7ccccc7c6c5)cc4c4ncccc43)c2)cc1.c1ccc(-c2cc(-c3ccccc3)nc(-n3c4ccc(-c5ccc6c(c5)c5ccccc5n6-c5ccc6ccccc6c5)cc4c4ncccc43)c2)cc1. The molecule has 24 rings (SSSR count). The number of hydrogen-bond donors (Lipinski definition) is 0. The minimum atomic E-state index is 0.857. The van der Waals surface area contributed by atoms with Crippen LogP contribution in [-0.4, -0.2) is 38.2 Å². The lowest BCUT2D eigenvalue weighted by Gasteiger charge is -2.14. The Bertz CT molecular complexity index is 7920. The summed E-state index contributed by atoms with van der Waals surface area (Å²) in [5, 5.41) is 17.2. The molecule has 0 saturated heterocycles. The first-order chi connectivity index (χ1) is 57.5. The van der Waals surface area contributed by atoms with Crippen molar-refractivity contribution < 1.29 is 0 Å². The quantitative estimate of drug-likeness (QED) is 0.128. The van der Waals surface area contributed by atoms with Crippen molar-refractivity contribution >= 4 is 131 Å². The molecule has 8 nitrogen and oxygen atoms in total. The van der Waals surface area contributed by atoms with E-state index in [1.165, 1.54) is 92.3 Å². The van der Waals surface area contributed by atoms with Gasteiger partial charge < -0.3 is 9.13 Å². The summed E-state index contributed by atoms with van der Waals surface area (Å²) in [6, 6.07) is 144. The van der Waals surface area contributed by atoms with E-state index in [-0.39, 0.29) is 0 Å². The van der Waals surface area contributed by atoms with Crippen LogP contribution in [0.2, 0.25) is 0 Å². The molecule has 0 amide bonds. The van der Waals surface area contributed by atoms with Gasteiger partial charge in [0.1, 0.15) is 11.6 Å². The molecular weight excluding hydrogens is 1410 g/mol. The van der Waals surface area contributed by atoms with Crippen LogP contribution in [0.4, 0.5) is 0 Å². The maximum Gasteiger partial charge on any atom is 0.138 e. The average molecular weight is 1480 g/mol. The van der Waals surface area contributed by atoms with E-state index in [1.54, 1.807) is 0 Å². The van der Waals surface area contributed by atoms with E-state index in [9.17, 15) is 0 Å². The Balaban J connectivity index is 0.000000138. The van der Waals surface area contributed by atoms with Crippen molar-refractivity contribution in [2.24, 2.45) is 0 Å². The summed E-state index contributed by atoms with van der Waals surface area (Å²) >= 11 is 0. The maximum atomic E-state index is 5.32. The third kappa shape index (κ3) is 11.0. The van der Waals surface area contributed by atoms with Crippen LogP contribution in [-0.2, 0) is 0 Å². The number of para-hydroxylation sites is 2. The van der Waals surface area contributed by atoms with Crippen molar-refractivity contribution in [1.82, 2.24) is 38.2 Å². The number of fused-ring (bicyclic) bond motifs is 19. The second-order valence-corrected chi connectivity index (χ2v) is 30.1. The molecule has 0 aliphatic heterocycles. The van der Waals surface area contributed by atoms with Crippen LogP contribution in [0.15, 0.2) is 413 Å². The molecule has 0 aliphatic carbocycles. The number of hydrogen-bond acceptors (Lipinski definition) is 4. The van der Waals surface area contributed by atoms with Gasteiger partial charge in [0.15, 0.2) is 0 Å². The Morgan fingerprint density at radius 3 is 0.957 bits per heavy atom. The van der Waals surface area contributed by atoms with Crippen molar-refractivity contribution in [3.8, 4) is 90.0 Å². The van der Waals surface area contributed by atoms with Gasteiger partial charge in [0.25, 0.3) is 0 Å². The molecule has 8 aromatic heterocycles. The number of pyridine rings is 4. The van der Waals surface area contributed by atoms with Crippen molar-refractivity contribution in [2.75, 3.05) is 0 Å². The van der Waals surface area contributed by atoms with E-state index in [2.05, 4.69) is 394 Å². The molecule has 24 aromatic rings. The molecule has 0 atom stereocenters. The average Bonchev–Trinajstić information content (AvgIpc) is 1.55. The van der Waals surface area contributed by atoms with E-state index in [1.807, 2.05) is 36.7 Å². The largest absolute Gasteiger partial charge is 0.309 e. The van der Waals surface area contributed by atoms with Gasteiger partial charge in [0, 0.05) is 67.2 Å². The molecule has 0 spiro atoms. The van der Waals surface area contributed by atoms with Gasteiger partial charge >= 0.3 is 0 Å². The third-order valence-corrected chi connectivity index (χ3v) is 23.5. The van der Waals surface area contributed by atoms with E-state index in [0.29, 0.717) is 0 Å². The smallest absolute Gasteiger partial charge is 0.138 e. The van der Waals surface area contributed by atoms with E-state index in [4.69, 9.17) is 19.9 Å². The first-order valence-electron chi connectivity index (χ1n) is 39.5. The van der Waals surface area contributed by atoms with Crippen molar-refractivity contribution in [1.29, 1.82) is 0 Å². The van der Waals surface area contributed by atoms with Crippen LogP contribution in [0.5, 0.6) is 0 Å². The van der Waals surface area contributed by atoms with Crippen LogP contribution in [0, 0.1) is 0 Å². The predicted molar refractivity (Wildman–Crippen MR) is 484 cm³/mol. The zero-order chi connectivity index (χ0) is 76.3. The van der Waals surface area contributed by atoms with Crippen LogP contribution in [0.3, 0.4) is 0 Å². The lowest BCUT2D eigenvalue weighted by Crippen LogP contribution is -2.00. The Hall–Kier alpha value is -15.6. The van der Waals surface area contributed by atoms with Gasteiger partial charge in [-0.3, -0.25) is 19.1 Å². The normalized spacial score (nSPS) is 11.8. The molecule has 0 aliphatic rings. The summed E-state index contributed by atoms with van der Waals surface area (Å²) < 4.78 is 9.36. The second kappa shape index (κ2) is 27.1. The Morgan fingerprint density at radius 2 is 0.500 bits per heavy atom. The molecule has 116 heavy (non-hydrogen) atoms. The molecule has 0 saturated carbocycles. The monoisotopic (exact) mass is 1480 g/mol. The highest BCUT2D eigenvalue weighted by molar-refractivity contribution is 6.26. The molecule has 0 fully saturated rings. The highest BCUT2D eigenvalue weighted by Crippen LogP contribution is 2.44. The fourth-order valence-corrected chi connectivity index (χ4v) is 18.1. The van der Waals surface area contributed by atoms with Crippen LogP contribution < -0.4 is 0 Å². The van der Waals surface area contributed by atoms with Crippen LogP contribution in [0.1, 0.15) is 0 Å². The summed E-state index contributed by atoms with van der Waals surface area (Å²) in [4.78, 5) is 20.5. The minimum Gasteiger partial charge on any atom is -0.309 e. The molecule has 8 heteroatoms. The first kappa shape index (κ1) is 66.2. The Morgan fingerprint density at radius 1 is 0.164 bits per heavy atom. The van der Waals surface area contributed by atoms with Gasteiger partial charge in [-0.15, -0.1) is 0 Å². The highest BCUT2D eigenvalue weighted by Gasteiger charge is 2.23. The van der Waals surface area contributed by atoms with Crippen molar-refractivity contribution in [3.05, 3.63) is 413 Å². The van der Waals surface area contributed by atoms with Gasteiger partial charge in [0.05, 0.1) is 66.6 Å². The Kier molecular flexibility index (Phi) is 15.5. The zero-order valence-corrected chi connectivity index (χ0v) is 62.8. The topological polar surface area (TPSA) is 71.3 Å². The predicted octanol–water partition coefficient (Wildman–Crippen LogP) is 28.0. The fourth-order valence-electron chi connectivity index (χ4n) is 18.1. The molecule has 540 valence electrons. The number of aromatic nitrogens is 8. The van der Waals surface area contributed by atoms with E-state index >= 15 is 0 Å². The van der Waals surface area contributed by atoms with Crippen LogP contribution in [0.25, 0.3) is 221 Å². The first-order valence-corrected chi connectivity index (χ1v) is 39.5. The van der Waals surface area contributed by atoms with Gasteiger partial charge in [-0.25, -0.2) is 9.97 Å². The summed E-state index contributed by atoms with van der Waals surface area (Å²) in [6.45, 7) is 0. The lowest BCUT2D eigenvalue weighted by molar-refractivity contribution is 1.08. The maximum absolute atomic E-state index is 5.32.